The van der Waals surface area contributed by atoms with Gasteiger partial charge in [0.15, 0.2) is 0 Å². The number of hydrogen-bond donors (Lipinski definition) is 0. The lowest BCUT2D eigenvalue weighted by molar-refractivity contribution is 0.416. The van der Waals surface area contributed by atoms with E-state index < -0.39 is 0 Å². The fourth-order valence-electron chi connectivity index (χ4n) is 2.04. The van der Waals surface area contributed by atoms with Gasteiger partial charge in [0.2, 0.25) is 0 Å². The van der Waals surface area contributed by atoms with Gasteiger partial charge in [0.25, 0.3) is 0 Å². The lowest BCUT2D eigenvalue weighted by Gasteiger charge is -2.10. The molecule has 2 heterocycles. The van der Waals surface area contributed by atoms with Gasteiger partial charge in [-0.05, 0) is 37.3 Å². The standard InChI is InChI=1S/C15H14N4O/c1-11-7-9-19(18-11)12-5-6-13(15(10-12)20-2)14-4-3-8-16-17-14/h3-10H,1-2H3. The molecule has 2 aromatic heterocycles. The number of benzene rings is 1. The summed E-state index contributed by atoms with van der Waals surface area (Å²) in [5.74, 6) is 0.746. The quantitative estimate of drug-likeness (QED) is 0.731. The van der Waals surface area contributed by atoms with Crippen LogP contribution < -0.4 is 4.74 Å². The summed E-state index contributed by atoms with van der Waals surface area (Å²) in [6.45, 7) is 1.96. The van der Waals surface area contributed by atoms with E-state index in [1.807, 2.05) is 54.2 Å². The lowest BCUT2D eigenvalue weighted by Crippen LogP contribution is -1.98. The Balaban J connectivity index is 2.07. The maximum Gasteiger partial charge on any atom is 0.130 e. The van der Waals surface area contributed by atoms with Crippen LogP contribution >= 0.6 is 0 Å². The van der Waals surface area contributed by atoms with E-state index in [9.17, 15) is 0 Å². The Bertz CT molecular complexity index is 722. The fraction of sp³-hybridized carbons (Fsp3) is 0.133. The first-order valence-corrected chi connectivity index (χ1v) is 6.26. The van der Waals surface area contributed by atoms with Crippen LogP contribution in [0.25, 0.3) is 16.9 Å². The maximum atomic E-state index is 5.46. The molecule has 0 unspecified atom stereocenters. The fourth-order valence-corrected chi connectivity index (χ4v) is 2.04. The van der Waals surface area contributed by atoms with Crippen molar-refractivity contribution in [2.75, 3.05) is 7.11 Å². The average Bonchev–Trinajstić information content (AvgIpc) is 2.94. The van der Waals surface area contributed by atoms with Crippen LogP contribution in [0.4, 0.5) is 0 Å². The van der Waals surface area contributed by atoms with E-state index in [0.717, 1.165) is 28.4 Å². The van der Waals surface area contributed by atoms with Crippen LogP contribution in [0.3, 0.4) is 0 Å². The summed E-state index contributed by atoms with van der Waals surface area (Å²) >= 11 is 0. The van der Waals surface area contributed by atoms with Crippen LogP contribution in [0.1, 0.15) is 5.69 Å². The second kappa shape index (κ2) is 5.13. The highest BCUT2D eigenvalue weighted by Gasteiger charge is 2.09. The van der Waals surface area contributed by atoms with Crippen molar-refractivity contribution in [3.05, 3.63) is 54.5 Å². The summed E-state index contributed by atoms with van der Waals surface area (Å²) in [5.41, 5.74) is 3.62. The predicted octanol–water partition coefficient (Wildman–Crippen LogP) is 2.65. The second-order valence-electron chi connectivity index (χ2n) is 4.40. The van der Waals surface area contributed by atoms with Gasteiger partial charge in [-0.3, -0.25) is 0 Å². The average molecular weight is 266 g/mol. The first-order valence-electron chi connectivity index (χ1n) is 6.26. The molecule has 0 aliphatic heterocycles. The Kier molecular flexibility index (Phi) is 3.16. The van der Waals surface area contributed by atoms with Gasteiger partial charge >= 0.3 is 0 Å². The van der Waals surface area contributed by atoms with E-state index in [2.05, 4.69) is 15.3 Å². The molecule has 0 spiro atoms. The Labute approximate surface area is 116 Å². The maximum absolute atomic E-state index is 5.46. The number of aromatic nitrogens is 4. The number of nitrogens with zero attached hydrogens (tertiary/aromatic N) is 4. The molecule has 5 nitrogen and oxygen atoms in total. The van der Waals surface area contributed by atoms with Gasteiger partial charge in [0.05, 0.1) is 24.2 Å². The first kappa shape index (κ1) is 12.3. The number of methoxy groups -OCH3 is 1. The summed E-state index contributed by atoms with van der Waals surface area (Å²) in [6.07, 6.45) is 3.57. The zero-order chi connectivity index (χ0) is 13.9. The predicted molar refractivity (Wildman–Crippen MR) is 75.9 cm³/mol. The number of ether oxygens (including phenoxy) is 1. The minimum atomic E-state index is 0.746. The summed E-state index contributed by atoms with van der Waals surface area (Å²) in [7, 11) is 1.65. The number of aryl methyl sites for hydroxylation is 1. The summed E-state index contributed by atoms with van der Waals surface area (Å²) < 4.78 is 7.28. The van der Waals surface area contributed by atoms with Gasteiger partial charge in [0, 0.05) is 24.0 Å². The summed E-state index contributed by atoms with van der Waals surface area (Å²) in [6, 6.07) is 11.6. The van der Waals surface area contributed by atoms with E-state index in [4.69, 9.17) is 4.74 Å². The zero-order valence-electron chi connectivity index (χ0n) is 11.3. The van der Waals surface area contributed by atoms with Gasteiger partial charge in [-0.25, -0.2) is 4.68 Å². The van der Waals surface area contributed by atoms with Gasteiger partial charge < -0.3 is 4.74 Å². The SMILES string of the molecule is COc1cc(-n2ccc(C)n2)ccc1-c1cccnn1. The lowest BCUT2D eigenvalue weighted by atomic mass is 10.1. The van der Waals surface area contributed by atoms with Crippen LogP contribution in [0.5, 0.6) is 5.75 Å². The molecule has 3 aromatic rings. The highest BCUT2D eigenvalue weighted by atomic mass is 16.5. The summed E-state index contributed by atoms with van der Waals surface area (Å²) in [4.78, 5) is 0. The third kappa shape index (κ3) is 2.25. The third-order valence-electron chi connectivity index (χ3n) is 3.02. The van der Waals surface area contributed by atoms with Crippen LogP contribution in [-0.4, -0.2) is 27.1 Å². The molecular formula is C15H14N4O. The van der Waals surface area contributed by atoms with Crippen molar-refractivity contribution in [2.45, 2.75) is 6.92 Å². The smallest absolute Gasteiger partial charge is 0.130 e. The largest absolute Gasteiger partial charge is 0.496 e. The van der Waals surface area contributed by atoms with Crippen molar-refractivity contribution in [2.24, 2.45) is 0 Å². The highest BCUT2D eigenvalue weighted by molar-refractivity contribution is 5.68. The van der Waals surface area contributed by atoms with Crippen LogP contribution in [0.15, 0.2) is 48.8 Å². The molecule has 1 aromatic carbocycles. The molecule has 0 N–H and O–H groups in total. The Morgan fingerprint density at radius 3 is 2.70 bits per heavy atom. The Morgan fingerprint density at radius 1 is 1.15 bits per heavy atom. The van der Waals surface area contributed by atoms with Crippen molar-refractivity contribution in [3.8, 4) is 22.7 Å². The zero-order valence-corrected chi connectivity index (χ0v) is 11.3. The van der Waals surface area contributed by atoms with Crippen LogP contribution in [-0.2, 0) is 0 Å². The van der Waals surface area contributed by atoms with Crippen LogP contribution in [0, 0.1) is 6.92 Å². The third-order valence-corrected chi connectivity index (χ3v) is 3.02. The van der Waals surface area contributed by atoms with E-state index in [1.165, 1.54) is 0 Å². The van der Waals surface area contributed by atoms with Gasteiger partial charge in [0.1, 0.15) is 5.75 Å². The van der Waals surface area contributed by atoms with E-state index in [-0.39, 0.29) is 0 Å². The van der Waals surface area contributed by atoms with Crippen molar-refractivity contribution >= 4 is 0 Å². The summed E-state index contributed by atoms with van der Waals surface area (Å²) in [5, 5.41) is 12.4. The molecule has 0 aliphatic carbocycles. The molecule has 0 amide bonds. The molecule has 0 saturated heterocycles. The molecule has 100 valence electrons. The van der Waals surface area contributed by atoms with Gasteiger partial charge in [-0.1, -0.05) is 0 Å². The molecule has 20 heavy (non-hydrogen) atoms. The minimum absolute atomic E-state index is 0.746. The molecular weight excluding hydrogens is 252 g/mol. The molecule has 0 aliphatic rings. The first-order chi connectivity index (χ1) is 9.78. The monoisotopic (exact) mass is 266 g/mol. The van der Waals surface area contributed by atoms with Crippen molar-refractivity contribution in [1.82, 2.24) is 20.0 Å². The normalized spacial score (nSPS) is 10.5. The highest BCUT2D eigenvalue weighted by Crippen LogP contribution is 2.30. The minimum Gasteiger partial charge on any atom is -0.496 e. The van der Waals surface area contributed by atoms with Crippen LogP contribution in [0.2, 0.25) is 0 Å². The van der Waals surface area contributed by atoms with E-state index in [0.29, 0.717) is 0 Å². The topological polar surface area (TPSA) is 52.8 Å². The molecule has 0 saturated carbocycles. The molecule has 5 heteroatoms. The Hall–Kier alpha value is -2.69. The molecule has 0 bridgehead atoms. The second-order valence-corrected chi connectivity index (χ2v) is 4.40. The number of rotatable bonds is 3. The molecule has 0 atom stereocenters. The van der Waals surface area contributed by atoms with E-state index in [1.54, 1.807) is 13.3 Å². The van der Waals surface area contributed by atoms with Crippen molar-refractivity contribution in [3.63, 3.8) is 0 Å². The van der Waals surface area contributed by atoms with E-state index >= 15 is 0 Å². The molecule has 0 fully saturated rings. The Morgan fingerprint density at radius 2 is 2.05 bits per heavy atom. The molecule has 0 radical (unpaired) electrons. The van der Waals surface area contributed by atoms with Gasteiger partial charge in [-0.15, -0.1) is 0 Å². The number of hydrogen-bond acceptors (Lipinski definition) is 4. The van der Waals surface area contributed by atoms with Crippen molar-refractivity contribution < 1.29 is 4.74 Å². The van der Waals surface area contributed by atoms with Crippen molar-refractivity contribution in [1.29, 1.82) is 0 Å². The molecule has 3 rings (SSSR count). The van der Waals surface area contributed by atoms with Gasteiger partial charge in [-0.2, -0.15) is 15.3 Å².